The van der Waals surface area contributed by atoms with Crippen LogP contribution in [-0.4, -0.2) is 43.5 Å². The zero-order chi connectivity index (χ0) is 32.6. The summed E-state index contributed by atoms with van der Waals surface area (Å²) in [4.78, 5) is 1.87. The molecular formula is C34H33N2O8S2-. The highest BCUT2D eigenvalue weighted by Gasteiger charge is 2.29. The minimum absolute atomic E-state index is 0.0973. The van der Waals surface area contributed by atoms with Crippen molar-refractivity contribution >= 4 is 64.6 Å². The maximum Gasteiger partial charge on any atom is 0.374 e. The first-order valence-electron chi connectivity index (χ1n) is 15.0. The van der Waals surface area contributed by atoms with Crippen LogP contribution >= 0.6 is 0 Å². The molecule has 1 aromatic heterocycles. The van der Waals surface area contributed by atoms with Crippen LogP contribution in [0.25, 0.3) is 38.7 Å². The summed E-state index contributed by atoms with van der Waals surface area (Å²) in [5.41, 5.74) is 2.99. The van der Waals surface area contributed by atoms with Gasteiger partial charge in [-0.25, -0.2) is 16.8 Å². The summed E-state index contributed by atoms with van der Waals surface area (Å²) >= 11 is 0. The van der Waals surface area contributed by atoms with E-state index in [1.165, 1.54) is 6.92 Å². The number of benzene rings is 4. The van der Waals surface area contributed by atoms with Gasteiger partial charge in [0.05, 0.1) is 42.6 Å². The molecule has 0 bridgehead atoms. The average molecular weight is 662 g/mol. The number of hydrogen-bond donors (Lipinski definition) is 0. The first kappa shape index (κ1) is 31.7. The molecule has 1 aliphatic rings. The number of allylic oxidation sites excluding steroid dienone is 2. The molecule has 5 aromatic rings. The van der Waals surface area contributed by atoms with Gasteiger partial charge in [0, 0.05) is 24.8 Å². The standard InChI is InChI=1S/C34H34N2O8S2/c1-3-24(19-32-35(16-8-18-45(37,38)39)29-21-26-10-4-5-11-27(26)22-31(29)44-32)20-33-36(17-15-23(2)46(40,41)42)34-28-12-7-6-9-25(28)13-14-30(34)43-33/h4-7,9-14,19-23H,3,8,15-18H2,1-2H3,(H-,37,38,39,40,41,42)/p-1. The van der Waals surface area contributed by atoms with E-state index in [4.69, 9.17) is 9.15 Å². The Balaban J connectivity index is 1.43. The molecule has 0 aliphatic carbocycles. The Morgan fingerprint density at radius 2 is 1.65 bits per heavy atom. The number of rotatable bonds is 11. The second kappa shape index (κ2) is 12.5. The summed E-state index contributed by atoms with van der Waals surface area (Å²) in [5.74, 6) is 1.06. The third-order valence-electron chi connectivity index (χ3n) is 8.27. The number of oxazole rings is 1. The molecule has 240 valence electrons. The number of anilines is 1. The highest BCUT2D eigenvalue weighted by atomic mass is 32.2. The zero-order valence-electron chi connectivity index (χ0n) is 25.4. The van der Waals surface area contributed by atoms with E-state index >= 15 is 0 Å². The summed E-state index contributed by atoms with van der Waals surface area (Å²) in [6.07, 6.45) is 4.50. The third-order valence-corrected chi connectivity index (χ3v) is 10.3. The molecule has 0 amide bonds. The number of fused-ring (bicyclic) bond motifs is 5. The van der Waals surface area contributed by atoms with Crippen LogP contribution in [0.5, 0.6) is 5.75 Å². The minimum Gasteiger partial charge on any atom is -0.748 e. The minimum atomic E-state index is -4.47. The van der Waals surface area contributed by atoms with Crippen molar-refractivity contribution in [1.82, 2.24) is 0 Å². The molecule has 0 fully saturated rings. The molecule has 4 aromatic carbocycles. The van der Waals surface area contributed by atoms with E-state index in [0.29, 0.717) is 29.5 Å². The summed E-state index contributed by atoms with van der Waals surface area (Å²) in [7, 11) is -8.86. The van der Waals surface area contributed by atoms with Gasteiger partial charge in [-0.3, -0.25) is 0 Å². The van der Waals surface area contributed by atoms with Crippen molar-refractivity contribution in [3.8, 4) is 5.75 Å². The van der Waals surface area contributed by atoms with Crippen molar-refractivity contribution in [2.75, 3.05) is 17.2 Å². The lowest BCUT2D eigenvalue weighted by Crippen LogP contribution is -2.38. The van der Waals surface area contributed by atoms with Crippen molar-refractivity contribution in [2.45, 2.75) is 44.9 Å². The van der Waals surface area contributed by atoms with Crippen LogP contribution in [0.15, 0.2) is 94.7 Å². The van der Waals surface area contributed by atoms with Crippen molar-refractivity contribution in [3.63, 3.8) is 0 Å². The normalized spacial score (nSPS) is 15.6. The van der Waals surface area contributed by atoms with Crippen molar-refractivity contribution < 1.29 is 39.7 Å². The predicted molar refractivity (Wildman–Crippen MR) is 175 cm³/mol. The lowest BCUT2D eigenvalue weighted by Gasteiger charge is -2.19. The first-order valence-corrected chi connectivity index (χ1v) is 18.1. The molecule has 0 saturated carbocycles. The largest absolute Gasteiger partial charge is 0.748 e. The van der Waals surface area contributed by atoms with Gasteiger partial charge in [-0.15, -0.1) is 0 Å². The second-order valence-electron chi connectivity index (χ2n) is 11.4. The second-order valence-corrected chi connectivity index (χ2v) is 14.7. The average Bonchev–Trinajstić information content (AvgIpc) is 3.53. The monoisotopic (exact) mass is 661 g/mol. The van der Waals surface area contributed by atoms with Gasteiger partial charge >= 0.3 is 5.89 Å². The fraction of sp³-hybridized carbons (Fsp3) is 0.265. The van der Waals surface area contributed by atoms with E-state index < -0.39 is 31.2 Å². The highest BCUT2D eigenvalue weighted by molar-refractivity contribution is 7.86. The van der Waals surface area contributed by atoms with E-state index in [-0.39, 0.29) is 25.9 Å². The van der Waals surface area contributed by atoms with Gasteiger partial charge in [0.2, 0.25) is 11.5 Å². The van der Waals surface area contributed by atoms with Gasteiger partial charge in [-0.1, -0.05) is 55.5 Å². The number of nitrogens with zero attached hydrogens (tertiary/aromatic N) is 2. The fourth-order valence-corrected chi connectivity index (χ4v) is 6.62. The molecule has 1 aliphatic heterocycles. The third kappa shape index (κ3) is 6.66. The Bertz CT molecular complexity index is 2240. The Kier molecular flexibility index (Phi) is 8.64. The molecule has 1 atom stereocenters. The molecule has 2 heterocycles. The number of aryl methyl sites for hydroxylation is 1. The smallest absolute Gasteiger partial charge is 0.374 e. The lowest BCUT2D eigenvalue weighted by atomic mass is 10.1. The highest BCUT2D eigenvalue weighted by Crippen LogP contribution is 2.42. The Labute approximate surface area is 267 Å². The van der Waals surface area contributed by atoms with Crippen molar-refractivity contribution in [2.24, 2.45) is 0 Å². The van der Waals surface area contributed by atoms with Crippen molar-refractivity contribution in [1.29, 1.82) is 0 Å². The van der Waals surface area contributed by atoms with Crippen LogP contribution in [-0.2, 0) is 26.8 Å². The quantitative estimate of drug-likeness (QED) is 0.126. The molecular weight excluding hydrogens is 629 g/mol. The molecule has 0 saturated heterocycles. The van der Waals surface area contributed by atoms with Gasteiger partial charge in [0.25, 0.3) is 5.52 Å². The Hall–Kier alpha value is -4.23. The first-order chi connectivity index (χ1) is 21.9. The topological polar surface area (TPSA) is 144 Å². The SMILES string of the molecule is CCC(/C=C1\Oc2cc3ccccc3cc2N1CCCS(=O)(=O)[O-])=C\c1oc2ccc3ccccc3c2[n+]1CCC(C)S(=O)(=O)[O-]. The van der Waals surface area contributed by atoms with E-state index in [0.717, 1.165) is 38.3 Å². The van der Waals surface area contributed by atoms with E-state index in [1.54, 1.807) is 0 Å². The predicted octanol–water partition coefficient (Wildman–Crippen LogP) is 5.82. The molecule has 1 unspecified atom stereocenters. The summed E-state index contributed by atoms with van der Waals surface area (Å²) < 4.78 is 83.9. The van der Waals surface area contributed by atoms with Crippen molar-refractivity contribution in [3.05, 3.63) is 96.2 Å². The van der Waals surface area contributed by atoms with Crippen LogP contribution in [0, 0.1) is 0 Å². The maximum atomic E-state index is 11.7. The van der Waals surface area contributed by atoms with Gasteiger partial charge in [-0.05, 0) is 65.8 Å². The summed E-state index contributed by atoms with van der Waals surface area (Å²) in [6, 6.07) is 23.4. The Morgan fingerprint density at radius 3 is 2.35 bits per heavy atom. The van der Waals surface area contributed by atoms with E-state index in [1.807, 2.05) is 101 Å². The maximum absolute atomic E-state index is 11.7. The van der Waals surface area contributed by atoms with Gasteiger partial charge in [0.15, 0.2) is 12.3 Å². The van der Waals surface area contributed by atoms with Crippen LogP contribution < -0.4 is 14.2 Å². The molecule has 0 spiro atoms. The number of aromatic nitrogens is 1. The van der Waals surface area contributed by atoms with Crippen LogP contribution in [0.4, 0.5) is 5.69 Å². The molecule has 46 heavy (non-hydrogen) atoms. The van der Waals surface area contributed by atoms with Crippen LogP contribution in [0.3, 0.4) is 0 Å². The summed E-state index contributed by atoms with van der Waals surface area (Å²) in [5, 5.41) is 2.81. The lowest BCUT2D eigenvalue weighted by molar-refractivity contribution is -0.677. The van der Waals surface area contributed by atoms with Gasteiger partial charge in [0.1, 0.15) is 0 Å². The molecule has 0 N–H and O–H groups in total. The van der Waals surface area contributed by atoms with Gasteiger partial charge in [-0.2, -0.15) is 4.57 Å². The summed E-state index contributed by atoms with van der Waals surface area (Å²) in [6.45, 7) is 3.86. The Morgan fingerprint density at radius 1 is 0.957 bits per heavy atom. The van der Waals surface area contributed by atoms with Crippen LogP contribution in [0.2, 0.25) is 0 Å². The molecule has 12 heteroatoms. The number of hydrogen-bond acceptors (Lipinski definition) is 9. The van der Waals surface area contributed by atoms with Crippen LogP contribution in [0.1, 0.15) is 39.0 Å². The molecule has 0 radical (unpaired) electrons. The fourth-order valence-electron chi connectivity index (χ4n) is 5.75. The van der Waals surface area contributed by atoms with Gasteiger partial charge < -0.3 is 23.2 Å². The number of ether oxygens (including phenoxy) is 1. The van der Waals surface area contributed by atoms with E-state index in [9.17, 15) is 25.9 Å². The molecule has 6 rings (SSSR count). The zero-order valence-corrected chi connectivity index (χ0v) is 27.0. The molecule has 10 nitrogen and oxygen atoms in total. The van der Waals surface area contributed by atoms with E-state index in [2.05, 4.69) is 0 Å².